The van der Waals surface area contributed by atoms with Crippen molar-refractivity contribution in [3.8, 4) is 0 Å². The predicted molar refractivity (Wildman–Crippen MR) is 88.0 cm³/mol. The summed E-state index contributed by atoms with van der Waals surface area (Å²) in [7, 11) is 0. The van der Waals surface area contributed by atoms with Crippen molar-refractivity contribution in [1.29, 1.82) is 0 Å². The third-order valence-electron chi connectivity index (χ3n) is 5.04. The van der Waals surface area contributed by atoms with Crippen molar-refractivity contribution < 1.29 is 0 Å². The second-order valence-electron chi connectivity index (χ2n) is 6.88. The maximum absolute atomic E-state index is 12.1. The van der Waals surface area contributed by atoms with E-state index in [1.807, 2.05) is 10.6 Å². The summed E-state index contributed by atoms with van der Waals surface area (Å²) in [5.74, 6) is 1.11. The molecular formula is C19H22N2O. The van der Waals surface area contributed by atoms with Gasteiger partial charge in [-0.1, -0.05) is 35.9 Å². The SMILES string of the molecule is Cc1cccc(CN2C[C@@H]3C[C@@H](C2)c2cccc(=O)n2C3)c1. The first kappa shape index (κ1) is 13.8. The summed E-state index contributed by atoms with van der Waals surface area (Å²) >= 11 is 0. The van der Waals surface area contributed by atoms with Crippen LogP contribution in [0.15, 0.2) is 47.3 Å². The van der Waals surface area contributed by atoms with Gasteiger partial charge in [0.05, 0.1) is 0 Å². The van der Waals surface area contributed by atoms with Crippen LogP contribution in [0.4, 0.5) is 0 Å². The van der Waals surface area contributed by atoms with Crippen LogP contribution in [-0.4, -0.2) is 22.6 Å². The predicted octanol–water partition coefficient (Wildman–Crippen LogP) is 2.78. The average molecular weight is 294 g/mol. The lowest BCUT2D eigenvalue weighted by molar-refractivity contribution is 0.114. The number of nitrogens with zero attached hydrogens (tertiary/aromatic N) is 2. The first-order chi connectivity index (χ1) is 10.7. The smallest absolute Gasteiger partial charge is 0.250 e. The fourth-order valence-corrected chi connectivity index (χ4v) is 4.19. The van der Waals surface area contributed by atoms with Gasteiger partial charge in [-0.3, -0.25) is 9.69 Å². The fourth-order valence-electron chi connectivity index (χ4n) is 4.19. The van der Waals surface area contributed by atoms with Crippen LogP contribution in [0.5, 0.6) is 0 Å². The highest BCUT2D eigenvalue weighted by atomic mass is 16.1. The van der Waals surface area contributed by atoms with Crippen molar-refractivity contribution in [3.63, 3.8) is 0 Å². The molecule has 2 atom stereocenters. The number of benzene rings is 1. The fraction of sp³-hybridized carbons (Fsp3) is 0.421. The second-order valence-corrected chi connectivity index (χ2v) is 6.88. The average Bonchev–Trinajstić information content (AvgIpc) is 2.48. The Balaban J connectivity index is 1.57. The van der Waals surface area contributed by atoms with Crippen LogP contribution in [0.25, 0.3) is 0 Å². The van der Waals surface area contributed by atoms with Crippen LogP contribution in [0, 0.1) is 12.8 Å². The van der Waals surface area contributed by atoms with Gasteiger partial charge in [-0.15, -0.1) is 0 Å². The lowest BCUT2D eigenvalue weighted by Crippen LogP contribution is -2.46. The summed E-state index contributed by atoms with van der Waals surface area (Å²) < 4.78 is 2.00. The summed E-state index contributed by atoms with van der Waals surface area (Å²) in [6.45, 7) is 6.22. The normalized spacial score (nSPS) is 24.0. The zero-order valence-corrected chi connectivity index (χ0v) is 13.0. The van der Waals surface area contributed by atoms with Gasteiger partial charge in [-0.05, 0) is 30.9 Å². The van der Waals surface area contributed by atoms with E-state index in [9.17, 15) is 4.79 Å². The van der Waals surface area contributed by atoms with Crippen molar-refractivity contribution >= 4 is 0 Å². The number of fused-ring (bicyclic) bond motifs is 4. The molecule has 0 spiro atoms. The number of rotatable bonds is 2. The van der Waals surface area contributed by atoms with E-state index < -0.39 is 0 Å². The third-order valence-corrected chi connectivity index (χ3v) is 5.04. The number of likely N-dealkylation sites (tertiary alicyclic amines) is 1. The number of piperidine rings is 1. The van der Waals surface area contributed by atoms with Crippen molar-refractivity contribution in [1.82, 2.24) is 9.47 Å². The van der Waals surface area contributed by atoms with Gasteiger partial charge >= 0.3 is 0 Å². The van der Waals surface area contributed by atoms with Gasteiger partial charge in [-0.2, -0.15) is 0 Å². The summed E-state index contributed by atoms with van der Waals surface area (Å²) in [5, 5.41) is 0. The molecule has 0 amide bonds. The Hall–Kier alpha value is -1.87. The molecule has 3 heteroatoms. The zero-order chi connectivity index (χ0) is 15.1. The van der Waals surface area contributed by atoms with Crippen LogP contribution in [0.1, 0.15) is 29.2 Å². The molecular weight excluding hydrogens is 272 g/mol. The Morgan fingerprint density at radius 3 is 2.82 bits per heavy atom. The van der Waals surface area contributed by atoms with Gasteiger partial charge in [0.15, 0.2) is 0 Å². The summed E-state index contributed by atoms with van der Waals surface area (Å²) in [6, 6.07) is 14.5. The Kier molecular flexibility index (Phi) is 3.38. The Morgan fingerprint density at radius 2 is 1.95 bits per heavy atom. The quantitative estimate of drug-likeness (QED) is 0.851. The first-order valence-corrected chi connectivity index (χ1v) is 8.17. The molecule has 2 aromatic rings. The van der Waals surface area contributed by atoms with Gasteiger partial charge in [0.1, 0.15) is 0 Å². The number of pyridine rings is 1. The van der Waals surface area contributed by atoms with E-state index >= 15 is 0 Å². The molecule has 0 aliphatic carbocycles. The van der Waals surface area contributed by atoms with E-state index in [0.717, 1.165) is 26.2 Å². The monoisotopic (exact) mass is 294 g/mol. The van der Waals surface area contributed by atoms with Crippen molar-refractivity contribution in [2.45, 2.75) is 32.4 Å². The van der Waals surface area contributed by atoms with Crippen LogP contribution >= 0.6 is 0 Å². The maximum atomic E-state index is 12.1. The Bertz CT molecular complexity index is 749. The third kappa shape index (κ3) is 2.50. The molecule has 1 aromatic carbocycles. The Morgan fingerprint density at radius 1 is 1.09 bits per heavy atom. The first-order valence-electron chi connectivity index (χ1n) is 8.17. The van der Waals surface area contributed by atoms with E-state index in [1.165, 1.54) is 23.2 Å². The molecule has 0 radical (unpaired) electrons. The standard InChI is InChI=1S/C19H22N2O/c1-14-4-2-5-15(8-14)10-20-11-16-9-17(13-20)18-6-3-7-19(22)21(18)12-16/h2-8,16-17H,9-13H2,1H3/t16-,17-/m0/s1. The molecule has 2 aliphatic rings. The highest BCUT2D eigenvalue weighted by molar-refractivity contribution is 5.23. The van der Waals surface area contributed by atoms with Crippen molar-refractivity contribution in [2.24, 2.45) is 5.92 Å². The molecule has 1 fully saturated rings. The highest BCUT2D eigenvalue weighted by Gasteiger charge is 2.34. The lowest BCUT2D eigenvalue weighted by atomic mass is 9.83. The minimum atomic E-state index is 0.166. The van der Waals surface area contributed by atoms with E-state index in [-0.39, 0.29) is 5.56 Å². The zero-order valence-electron chi connectivity index (χ0n) is 13.0. The van der Waals surface area contributed by atoms with E-state index in [4.69, 9.17) is 0 Å². The Labute approximate surface area is 131 Å². The number of aryl methyl sites for hydroxylation is 1. The topological polar surface area (TPSA) is 25.2 Å². The number of hydrogen-bond acceptors (Lipinski definition) is 2. The van der Waals surface area contributed by atoms with E-state index in [0.29, 0.717) is 11.8 Å². The minimum absolute atomic E-state index is 0.166. The number of aromatic nitrogens is 1. The highest BCUT2D eigenvalue weighted by Crippen LogP contribution is 2.35. The van der Waals surface area contributed by atoms with E-state index in [1.54, 1.807) is 6.07 Å². The van der Waals surface area contributed by atoms with E-state index in [2.05, 4.69) is 42.2 Å². The molecule has 0 unspecified atom stereocenters. The van der Waals surface area contributed by atoms with Gasteiger partial charge in [0, 0.05) is 43.9 Å². The molecule has 2 bridgehead atoms. The van der Waals surface area contributed by atoms with Gasteiger partial charge in [0.25, 0.3) is 5.56 Å². The molecule has 2 aliphatic heterocycles. The summed E-state index contributed by atoms with van der Waals surface area (Å²) in [4.78, 5) is 14.6. The van der Waals surface area contributed by atoms with Crippen LogP contribution in [0.2, 0.25) is 0 Å². The molecule has 3 heterocycles. The molecule has 22 heavy (non-hydrogen) atoms. The summed E-state index contributed by atoms with van der Waals surface area (Å²) in [5.41, 5.74) is 4.12. The molecule has 4 rings (SSSR count). The van der Waals surface area contributed by atoms with Gasteiger partial charge in [0.2, 0.25) is 0 Å². The molecule has 0 N–H and O–H groups in total. The lowest BCUT2D eigenvalue weighted by Gasteiger charge is -2.42. The van der Waals surface area contributed by atoms with Crippen LogP contribution < -0.4 is 5.56 Å². The molecule has 114 valence electrons. The van der Waals surface area contributed by atoms with Crippen LogP contribution in [0.3, 0.4) is 0 Å². The van der Waals surface area contributed by atoms with Gasteiger partial charge in [-0.25, -0.2) is 0 Å². The molecule has 1 saturated heterocycles. The number of hydrogen-bond donors (Lipinski definition) is 0. The van der Waals surface area contributed by atoms with Gasteiger partial charge < -0.3 is 4.57 Å². The van der Waals surface area contributed by atoms with Crippen molar-refractivity contribution in [2.75, 3.05) is 13.1 Å². The molecule has 1 aromatic heterocycles. The summed E-state index contributed by atoms with van der Waals surface area (Å²) in [6.07, 6.45) is 1.23. The molecule has 0 saturated carbocycles. The largest absolute Gasteiger partial charge is 0.312 e. The minimum Gasteiger partial charge on any atom is -0.312 e. The van der Waals surface area contributed by atoms with Crippen molar-refractivity contribution in [3.05, 3.63) is 69.6 Å². The second kappa shape index (κ2) is 5.40. The molecule has 3 nitrogen and oxygen atoms in total. The van der Waals surface area contributed by atoms with Crippen LogP contribution in [-0.2, 0) is 13.1 Å². The maximum Gasteiger partial charge on any atom is 0.250 e.